The Bertz CT molecular complexity index is 629. The Labute approximate surface area is 143 Å². The predicted octanol–water partition coefficient (Wildman–Crippen LogP) is 2.41. The SMILES string of the molecule is CN1CCCC2(CCCN(C(=O)c3ccc4c(c3)OCCO4)C2)C1. The van der Waals surface area contributed by atoms with E-state index in [9.17, 15) is 4.79 Å². The van der Waals surface area contributed by atoms with Crippen LogP contribution in [-0.4, -0.2) is 62.1 Å². The largest absolute Gasteiger partial charge is 0.486 e. The summed E-state index contributed by atoms with van der Waals surface area (Å²) in [6.07, 6.45) is 4.82. The second-order valence-corrected chi connectivity index (χ2v) is 7.53. The number of hydrogen-bond donors (Lipinski definition) is 0. The molecular formula is C19H26N2O3. The fraction of sp³-hybridized carbons (Fsp3) is 0.632. The minimum atomic E-state index is 0.124. The summed E-state index contributed by atoms with van der Waals surface area (Å²) < 4.78 is 11.2. The summed E-state index contributed by atoms with van der Waals surface area (Å²) in [4.78, 5) is 17.5. The molecule has 24 heavy (non-hydrogen) atoms. The van der Waals surface area contributed by atoms with Crippen LogP contribution in [0.15, 0.2) is 18.2 Å². The zero-order chi connectivity index (χ0) is 16.6. The number of amides is 1. The van der Waals surface area contributed by atoms with Gasteiger partial charge in [-0.1, -0.05) is 0 Å². The van der Waals surface area contributed by atoms with Crippen molar-refractivity contribution in [1.82, 2.24) is 9.80 Å². The number of ether oxygens (including phenoxy) is 2. The van der Waals surface area contributed by atoms with Gasteiger partial charge in [0.25, 0.3) is 5.91 Å². The molecule has 0 radical (unpaired) electrons. The Hall–Kier alpha value is -1.75. The molecule has 1 spiro atoms. The van der Waals surface area contributed by atoms with E-state index in [1.807, 2.05) is 23.1 Å². The second-order valence-electron chi connectivity index (χ2n) is 7.53. The Morgan fingerprint density at radius 2 is 1.79 bits per heavy atom. The van der Waals surface area contributed by atoms with E-state index in [2.05, 4.69) is 11.9 Å². The number of piperidine rings is 2. The van der Waals surface area contributed by atoms with Crippen LogP contribution in [-0.2, 0) is 0 Å². The highest BCUT2D eigenvalue weighted by atomic mass is 16.6. The van der Waals surface area contributed by atoms with Crippen molar-refractivity contribution in [3.63, 3.8) is 0 Å². The standard InChI is InChI=1S/C19H26N2O3/c1-20-8-2-6-19(13-20)7-3-9-21(14-19)18(22)15-4-5-16-17(12-15)24-11-10-23-16/h4-5,12H,2-3,6-11,13-14H2,1H3. The van der Waals surface area contributed by atoms with Crippen LogP contribution >= 0.6 is 0 Å². The number of carbonyl (C=O) groups excluding carboxylic acids is 1. The maximum Gasteiger partial charge on any atom is 0.254 e. The molecule has 1 atom stereocenters. The normalized spacial score (nSPS) is 27.3. The van der Waals surface area contributed by atoms with E-state index in [4.69, 9.17) is 9.47 Å². The molecule has 0 saturated carbocycles. The molecule has 130 valence electrons. The molecule has 3 aliphatic rings. The number of rotatable bonds is 1. The highest BCUT2D eigenvalue weighted by Gasteiger charge is 2.39. The van der Waals surface area contributed by atoms with Crippen LogP contribution in [0.5, 0.6) is 11.5 Å². The average Bonchev–Trinajstić information content (AvgIpc) is 2.60. The molecule has 0 aliphatic carbocycles. The minimum Gasteiger partial charge on any atom is -0.486 e. The van der Waals surface area contributed by atoms with E-state index in [0.29, 0.717) is 24.5 Å². The molecule has 0 aromatic heterocycles. The van der Waals surface area contributed by atoms with Gasteiger partial charge in [0.1, 0.15) is 13.2 Å². The van der Waals surface area contributed by atoms with E-state index >= 15 is 0 Å². The van der Waals surface area contributed by atoms with Crippen LogP contribution in [0.4, 0.5) is 0 Å². The molecule has 2 fully saturated rings. The summed E-state index contributed by atoms with van der Waals surface area (Å²) >= 11 is 0. The predicted molar refractivity (Wildman–Crippen MR) is 91.7 cm³/mol. The molecule has 5 heteroatoms. The number of carbonyl (C=O) groups is 1. The molecule has 3 aliphatic heterocycles. The third-order valence-electron chi connectivity index (χ3n) is 5.59. The third kappa shape index (κ3) is 2.97. The fourth-order valence-corrected chi connectivity index (χ4v) is 4.53. The van der Waals surface area contributed by atoms with Crippen molar-refractivity contribution in [2.75, 3.05) is 46.4 Å². The van der Waals surface area contributed by atoms with Gasteiger partial charge in [-0.05, 0) is 57.5 Å². The summed E-state index contributed by atoms with van der Waals surface area (Å²) in [7, 11) is 2.20. The van der Waals surface area contributed by atoms with Crippen molar-refractivity contribution in [1.29, 1.82) is 0 Å². The highest BCUT2D eigenvalue weighted by molar-refractivity contribution is 5.95. The Balaban J connectivity index is 1.51. The van der Waals surface area contributed by atoms with E-state index in [1.54, 1.807) is 0 Å². The number of benzene rings is 1. The molecule has 2 saturated heterocycles. The summed E-state index contributed by atoms with van der Waals surface area (Å²) in [5, 5.41) is 0. The van der Waals surface area contributed by atoms with Crippen LogP contribution in [0.1, 0.15) is 36.0 Å². The number of nitrogens with zero attached hydrogens (tertiary/aromatic N) is 2. The molecule has 0 bridgehead atoms. The van der Waals surface area contributed by atoms with Crippen molar-refractivity contribution in [2.45, 2.75) is 25.7 Å². The Morgan fingerprint density at radius 1 is 1.04 bits per heavy atom. The first-order valence-electron chi connectivity index (χ1n) is 9.03. The molecule has 0 N–H and O–H groups in total. The third-order valence-corrected chi connectivity index (χ3v) is 5.59. The van der Waals surface area contributed by atoms with Gasteiger partial charge in [-0.2, -0.15) is 0 Å². The maximum atomic E-state index is 13.0. The van der Waals surface area contributed by atoms with Crippen molar-refractivity contribution in [3.05, 3.63) is 23.8 Å². The highest BCUT2D eigenvalue weighted by Crippen LogP contribution is 2.39. The molecule has 3 heterocycles. The first kappa shape index (κ1) is 15.8. The van der Waals surface area contributed by atoms with Gasteiger partial charge in [-0.3, -0.25) is 4.79 Å². The lowest BCUT2D eigenvalue weighted by Crippen LogP contribution is -2.52. The molecular weight excluding hydrogens is 304 g/mol. The van der Waals surface area contributed by atoms with Gasteiger partial charge in [0.2, 0.25) is 0 Å². The number of likely N-dealkylation sites (tertiary alicyclic amines) is 2. The topological polar surface area (TPSA) is 42.0 Å². The molecule has 4 rings (SSSR count). The lowest BCUT2D eigenvalue weighted by atomic mass is 9.74. The van der Waals surface area contributed by atoms with E-state index in [0.717, 1.165) is 31.8 Å². The van der Waals surface area contributed by atoms with Crippen LogP contribution < -0.4 is 9.47 Å². The number of hydrogen-bond acceptors (Lipinski definition) is 4. The van der Waals surface area contributed by atoms with Gasteiger partial charge in [0, 0.05) is 30.6 Å². The van der Waals surface area contributed by atoms with Crippen LogP contribution in [0.25, 0.3) is 0 Å². The summed E-state index contributed by atoms with van der Waals surface area (Å²) in [6.45, 7) is 5.14. The Morgan fingerprint density at radius 3 is 2.58 bits per heavy atom. The second kappa shape index (κ2) is 6.28. The summed E-state index contributed by atoms with van der Waals surface area (Å²) in [5.41, 5.74) is 0.995. The van der Waals surface area contributed by atoms with Gasteiger partial charge in [0.05, 0.1) is 0 Å². The lowest BCUT2D eigenvalue weighted by Gasteiger charge is -2.47. The van der Waals surface area contributed by atoms with Gasteiger partial charge in [0.15, 0.2) is 11.5 Å². The van der Waals surface area contributed by atoms with E-state index in [-0.39, 0.29) is 11.3 Å². The van der Waals surface area contributed by atoms with Gasteiger partial charge in [-0.15, -0.1) is 0 Å². The minimum absolute atomic E-state index is 0.124. The smallest absolute Gasteiger partial charge is 0.254 e. The molecule has 1 amide bonds. The van der Waals surface area contributed by atoms with Gasteiger partial charge < -0.3 is 19.3 Å². The van der Waals surface area contributed by atoms with Crippen molar-refractivity contribution in [2.24, 2.45) is 5.41 Å². The van der Waals surface area contributed by atoms with Crippen LogP contribution in [0.2, 0.25) is 0 Å². The monoisotopic (exact) mass is 330 g/mol. The number of fused-ring (bicyclic) bond motifs is 1. The molecule has 5 nitrogen and oxygen atoms in total. The van der Waals surface area contributed by atoms with Crippen LogP contribution in [0, 0.1) is 5.41 Å². The van der Waals surface area contributed by atoms with Crippen molar-refractivity contribution < 1.29 is 14.3 Å². The summed E-state index contributed by atoms with van der Waals surface area (Å²) in [5.74, 6) is 1.55. The zero-order valence-corrected chi connectivity index (χ0v) is 14.4. The van der Waals surface area contributed by atoms with Gasteiger partial charge in [-0.25, -0.2) is 0 Å². The first-order chi connectivity index (χ1) is 11.7. The van der Waals surface area contributed by atoms with Crippen LogP contribution in [0.3, 0.4) is 0 Å². The molecule has 1 aromatic carbocycles. The molecule has 1 aromatic rings. The van der Waals surface area contributed by atoms with E-state index < -0.39 is 0 Å². The lowest BCUT2D eigenvalue weighted by molar-refractivity contribution is 0.0206. The Kier molecular flexibility index (Phi) is 4.12. The average molecular weight is 330 g/mol. The van der Waals surface area contributed by atoms with Gasteiger partial charge >= 0.3 is 0 Å². The van der Waals surface area contributed by atoms with E-state index in [1.165, 1.54) is 25.8 Å². The first-order valence-corrected chi connectivity index (χ1v) is 9.03. The van der Waals surface area contributed by atoms with Crippen molar-refractivity contribution in [3.8, 4) is 11.5 Å². The maximum absolute atomic E-state index is 13.0. The summed E-state index contributed by atoms with van der Waals surface area (Å²) in [6, 6.07) is 5.56. The molecule has 1 unspecified atom stereocenters. The van der Waals surface area contributed by atoms with Crippen molar-refractivity contribution >= 4 is 5.91 Å². The quantitative estimate of drug-likeness (QED) is 0.793. The fourth-order valence-electron chi connectivity index (χ4n) is 4.53. The zero-order valence-electron chi connectivity index (χ0n) is 14.4.